The van der Waals surface area contributed by atoms with Crippen molar-refractivity contribution in [3.05, 3.63) is 88.9 Å². The van der Waals surface area contributed by atoms with Gasteiger partial charge in [-0.3, -0.25) is 14.8 Å². The molecule has 2 aromatic carbocycles. The third-order valence-corrected chi connectivity index (χ3v) is 10.1. The molecule has 1 aliphatic carbocycles. The first-order chi connectivity index (χ1) is 22.1. The summed E-state index contributed by atoms with van der Waals surface area (Å²) < 4.78 is 30.1. The van der Waals surface area contributed by atoms with Crippen LogP contribution in [0.4, 0.5) is 19.7 Å². The summed E-state index contributed by atoms with van der Waals surface area (Å²) in [6.07, 6.45) is 2.93. The van der Waals surface area contributed by atoms with Gasteiger partial charge < -0.3 is 10.0 Å². The Morgan fingerprint density at radius 3 is 2.63 bits per heavy atom. The molecule has 1 fully saturated rings. The van der Waals surface area contributed by atoms with Crippen molar-refractivity contribution in [2.75, 3.05) is 16.8 Å². The van der Waals surface area contributed by atoms with Crippen molar-refractivity contribution in [3.63, 3.8) is 0 Å². The van der Waals surface area contributed by atoms with Crippen LogP contribution in [0.2, 0.25) is 0 Å². The lowest BCUT2D eigenvalue weighted by Crippen LogP contribution is -2.33. The Bertz CT molecular complexity index is 1930. The predicted molar refractivity (Wildman–Crippen MR) is 173 cm³/mol. The van der Waals surface area contributed by atoms with Gasteiger partial charge in [0.1, 0.15) is 5.82 Å². The van der Waals surface area contributed by atoms with Gasteiger partial charge in [0.15, 0.2) is 10.8 Å². The van der Waals surface area contributed by atoms with Crippen LogP contribution in [0.1, 0.15) is 63.4 Å². The molecule has 9 nitrogen and oxygen atoms in total. The molecule has 1 aliphatic heterocycles. The van der Waals surface area contributed by atoms with Gasteiger partial charge >= 0.3 is 5.97 Å². The van der Waals surface area contributed by atoms with E-state index >= 15 is 0 Å². The molecule has 4 heterocycles. The molecule has 5 aromatic rings. The average Bonchev–Trinajstić information content (AvgIpc) is 3.63. The third kappa shape index (κ3) is 5.84. The topological polar surface area (TPSA) is 113 Å². The molecular weight excluding hydrogens is 610 g/mol. The Kier molecular flexibility index (Phi) is 7.75. The first-order valence-corrected chi connectivity index (χ1v) is 16.1. The molecule has 0 saturated heterocycles. The number of hydrogen-bond acceptors (Lipinski definition) is 7. The molecule has 1 amide bonds. The second-order valence-electron chi connectivity index (χ2n) is 12.1. The highest BCUT2D eigenvalue weighted by Gasteiger charge is 2.35. The van der Waals surface area contributed by atoms with Crippen molar-refractivity contribution in [2.45, 2.75) is 58.0 Å². The van der Waals surface area contributed by atoms with Gasteiger partial charge in [-0.2, -0.15) is 5.10 Å². The number of para-hydroxylation sites is 1. The number of amides is 1. The van der Waals surface area contributed by atoms with Crippen molar-refractivity contribution < 1.29 is 23.5 Å². The molecular formula is C34H32F2N6O3S. The first-order valence-electron chi connectivity index (χ1n) is 15.3. The second kappa shape index (κ2) is 11.9. The summed E-state index contributed by atoms with van der Waals surface area (Å²) in [5.74, 6) is -3.40. The highest BCUT2D eigenvalue weighted by molar-refractivity contribution is 7.22. The Balaban J connectivity index is 1.12. The lowest BCUT2D eigenvalue weighted by Gasteiger charge is -2.31. The normalized spacial score (nSPS) is 16.4. The number of carbonyl (C=O) groups is 2. The van der Waals surface area contributed by atoms with Gasteiger partial charge in [0, 0.05) is 54.9 Å². The van der Waals surface area contributed by atoms with Gasteiger partial charge in [0.2, 0.25) is 5.92 Å². The quantitative estimate of drug-likeness (QED) is 0.193. The zero-order valence-corrected chi connectivity index (χ0v) is 26.0. The Morgan fingerprint density at radius 1 is 1.04 bits per heavy atom. The van der Waals surface area contributed by atoms with Crippen molar-refractivity contribution in [1.29, 1.82) is 0 Å². The SMILES string of the molecule is Cc1c(-c2ccc(N3CCc4cccc(C(=O)Nc5nc6ccccc6s5)c4C3)nc2C(=O)O)cnn1CC1CCC(F)(F)CC1. The van der Waals surface area contributed by atoms with E-state index in [4.69, 9.17) is 0 Å². The average molecular weight is 643 g/mol. The third-order valence-electron chi connectivity index (χ3n) is 9.10. The smallest absolute Gasteiger partial charge is 0.355 e. The van der Waals surface area contributed by atoms with E-state index in [2.05, 4.69) is 20.4 Å². The molecule has 3 aromatic heterocycles. The molecule has 0 unspecified atom stereocenters. The maximum absolute atomic E-state index is 13.6. The molecule has 0 spiro atoms. The van der Waals surface area contributed by atoms with Gasteiger partial charge in [0.25, 0.3) is 5.91 Å². The van der Waals surface area contributed by atoms with Crippen molar-refractivity contribution in [3.8, 4) is 11.1 Å². The van der Waals surface area contributed by atoms with Crippen molar-refractivity contribution >= 4 is 44.4 Å². The number of aromatic carboxylic acids is 1. The number of alkyl halides is 2. The van der Waals surface area contributed by atoms with Gasteiger partial charge in [-0.1, -0.05) is 35.6 Å². The summed E-state index contributed by atoms with van der Waals surface area (Å²) in [6.45, 7) is 3.37. The largest absolute Gasteiger partial charge is 0.476 e. The van der Waals surface area contributed by atoms with Crippen LogP contribution in [-0.2, 0) is 19.5 Å². The van der Waals surface area contributed by atoms with E-state index in [-0.39, 0.29) is 30.4 Å². The molecule has 7 rings (SSSR count). The molecule has 1 saturated carbocycles. The zero-order valence-electron chi connectivity index (χ0n) is 25.2. The summed E-state index contributed by atoms with van der Waals surface area (Å²) in [5, 5.41) is 18.2. The number of thiazole rings is 1. The number of carboxylic acids is 1. The number of hydrogen-bond donors (Lipinski definition) is 2. The summed E-state index contributed by atoms with van der Waals surface area (Å²) in [5.41, 5.74) is 5.07. The number of aromatic nitrogens is 4. The number of pyridine rings is 1. The minimum Gasteiger partial charge on any atom is -0.476 e. The number of anilines is 2. The van der Waals surface area contributed by atoms with Crippen LogP contribution in [0.5, 0.6) is 0 Å². The van der Waals surface area contributed by atoms with Crippen LogP contribution in [0.3, 0.4) is 0 Å². The monoisotopic (exact) mass is 642 g/mol. The van der Waals surface area contributed by atoms with E-state index in [1.165, 1.54) is 11.3 Å². The minimum atomic E-state index is -2.59. The van der Waals surface area contributed by atoms with Crippen molar-refractivity contribution in [2.24, 2.45) is 5.92 Å². The highest BCUT2D eigenvalue weighted by Crippen LogP contribution is 2.38. The van der Waals surface area contributed by atoms with E-state index < -0.39 is 11.9 Å². The van der Waals surface area contributed by atoms with Crippen LogP contribution >= 0.6 is 11.3 Å². The summed E-state index contributed by atoms with van der Waals surface area (Å²) in [7, 11) is 0. The van der Waals surface area contributed by atoms with E-state index in [1.807, 2.05) is 48.2 Å². The van der Waals surface area contributed by atoms with Crippen LogP contribution in [0.15, 0.2) is 60.8 Å². The molecule has 0 atom stereocenters. The summed E-state index contributed by atoms with van der Waals surface area (Å²) in [6, 6.07) is 17.0. The van der Waals surface area contributed by atoms with E-state index in [0.717, 1.165) is 27.0 Å². The van der Waals surface area contributed by atoms with Gasteiger partial charge in [0.05, 0.1) is 16.4 Å². The Labute approximate surface area is 267 Å². The summed E-state index contributed by atoms with van der Waals surface area (Å²) >= 11 is 1.42. The minimum absolute atomic E-state index is 0.0925. The van der Waals surface area contributed by atoms with Crippen LogP contribution in [0, 0.1) is 12.8 Å². The maximum Gasteiger partial charge on any atom is 0.355 e. The van der Waals surface area contributed by atoms with Crippen LogP contribution < -0.4 is 10.2 Å². The van der Waals surface area contributed by atoms with E-state index in [0.29, 0.717) is 66.5 Å². The number of carbonyl (C=O) groups excluding carboxylic acids is 1. The zero-order chi connectivity index (χ0) is 32.0. The van der Waals surface area contributed by atoms with Crippen LogP contribution in [0.25, 0.3) is 21.3 Å². The number of nitrogens with zero attached hydrogens (tertiary/aromatic N) is 5. The fourth-order valence-electron chi connectivity index (χ4n) is 6.51. The lowest BCUT2D eigenvalue weighted by atomic mass is 9.87. The van der Waals surface area contributed by atoms with Gasteiger partial charge in [-0.15, -0.1) is 0 Å². The number of nitrogens with one attached hydrogen (secondary N) is 1. The first kappa shape index (κ1) is 30.0. The number of carboxylic acid groups (broad SMARTS) is 1. The van der Waals surface area contributed by atoms with E-state index in [9.17, 15) is 23.5 Å². The molecule has 12 heteroatoms. The number of benzene rings is 2. The lowest BCUT2D eigenvalue weighted by molar-refractivity contribution is -0.0477. The van der Waals surface area contributed by atoms with Gasteiger partial charge in [-0.05, 0) is 73.6 Å². The van der Waals surface area contributed by atoms with Crippen LogP contribution in [-0.4, -0.2) is 49.2 Å². The Hall–Kier alpha value is -4.71. The van der Waals surface area contributed by atoms with E-state index in [1.54, 1.807) is 29.1 Å². The molecule has 236 valence electrons. The Morgan fingerprint density at radius 2 is 1.85 bits per heavy atom. The molecule has 46 heavy (non-hydrogen) atoms. The second-order valence-corrected chi connectivity index (χ2v) is 13.1. The molecule has 2 N–H and O–H groups in total. The highest BCUT2D eigenvalue weighted by atomic mass is 32.1. The fraction of sp³-hybridized carbons (Fsp3) is 0.324. The molecule has 2 aliphatic rings. The summed E-state index contributed by atoms with van der Waals surface area (Å²) in [4.78, 5) is 37.0. The molecule has 0 radical (unpaired) electrons. The standard InChI is InChI=1S/C34H32F2N6O3S/c1-20-25(17-37-42(20)18-21-11-14-34(35,36)15-12-21)23-9-10-29(39-30(23)32(44)45)41-16-13-22-5-4-6-24(26(22)19-41)31(43)40-33-38-27-7-2-3-8-28(27)46-33/h2-10,17,21H,11-16,18-19H2,1H3,(H,44,45)(H,38,40,43). The molecule has 0 bridgehead atoms. The number of halogens is 2. The number of fused-ring (bicyclic) bond motifs is 2. The van der Waals surface area contributed by atoms with Crippen molar-refractivity contribution in [1.82, 2.24) is 19.7 Å². The maximum atomic E-state index is 13.6. The number of rotatable bonds is 7. The fourth-order valence-corrected chi connectivity index (χ4v) is 7.37. The predicted octanol–water partition coefficient (Wildman–Crippen LogP) is 7.20. The van der Waals surface area contributed by atoms with Gasteiger partial charge in [-0.25, -0.2) is 23.5 Å².